The van der Waals surface area contributed by atoms with Crippen molar-refractivity contribution in [3.05, 3.63) is 97.1 Å². The van der Waals surface area contributed by atoms with Gasteiger partial charge >= 0.3 is 0 Å². The van der Waals surface area contributed by atoms with E-state index in [2.05, 4.69) is 66.7 Å². The molecule has 0 spiro atoms. The van der Waals surface area contributed by atoms with Crippen LogP contribution in [0.3, 0.4) is 0 Å². The maximum Gasteiger partial charge on any atom is 0.203 e. The Bertz CT molecular complexity index is 1200. The lowest BCUT2D eigenvalue weighted by Crippen LogP contribution is -2.27. The van der Waals surface area contributed by atoms with Crippen molar-refractivity contribution in [3.63, 3.8) is 0 Å². The Kier molecular flexibility index (Phi) is 8.07. The lowest BCUT2D eigenvalue weighted by atomic mass is 10.0. The van der Waals surface area contributed by atoms with Crippen LogP contribution in [0.15, 0.2) is 97.1 Å². The quantitative estimate of drug-likeness (QED) is 0.292. The van der Waals surface area contributed by atoms with E-state index in [4.69, 9.17) is 20.5 Å². The van der Waals surface area contributed by atoms with E-state index >= 15 is 0 Å². The zero-order chi connectivity index (χ0) is 22.6. The Labute approximate surface area is 206 Å². The first-order valence-corrected chi connectivity index (χ1v) is 12.4. The van der Waals surface area contributed by atoms with Crippen LogP contribution in [-0.4, -0.2) is 27.6 Å². The van der Waals surface area contributed by atoms with Gasteiger partial charge in [-0.25, -0.2) is 0 Å². The van der Waals surface area contributed by atoms with Gasteiger partial charge < -0.3 is 14.2 Å². The first kappa shape index (κ1) is 24.7. The first-order chi connectivity index (χ1) is 15.6. The summed E-state index contributed by atoms with van der Waals surface area (Å²) in [5, 5.41) is 3.44. The largest absolute Gasteiger partial charge is 0.493 e. The highest BCUT2D eigenvalue weighted by molar-refractivity contribution is 8.93. The summed E-state index contributed by atoms with van der Waals surface area (Å²) in [6, 6.07) is 33.3. The van der Waals surface area contributed by atoms with Gasteiger partial charge in [0.15, 0.2) is 11.5 Å². The van der Waals surface area contributed by atoms with E-state index in [1.807, 2.05) is 30.3 Å². The minimum absolute atomic E-state index is 0. The van der Waals surface area contributed by atoms with E-state index in [9.17, 15) is 0 Å². The maximum atomic E-state index is 5.96. The highest BCUT2D eigenvalue weighted by Crippen LogP contribution is 2.52. The monoisotopic (exact) mass is 522 g/mol. The first-order valence-electron chi connectivity index (χ1n) is 10.4. The summed E-state index contributed by atoms with van der Waals surface area (Å²) >= 11 is 0. The second kappa shape index (κ2) is 10.8. The van der Waals surface area contributed by atoms with Gasteiger partial charge in [0, 0.05) is 5.56 Å². The normalized spacial score (nSPS) is 10.8. The van der Waals surface area contributed by atoms with Gasteiger partial charge in [-0.05, 0) is 34.4 Å². The van der Waals surface area contributed by atoms with Crippen molar-refractivity contribution < 1.29 is 14.2 Å². The van der Waals surface area contributed by atoms with Crippen molar-refractivity contribution in [1.29, 1.82) is 0 Å². The smallest absolute Gasteiger partial charge is 0.203 e. The Hall–Kier alpha value is -2.94. The number of hydrogen-bond acceptors (Lipinski definition) is 3. The molecule has 0 N–H and O–H groups in total. The minimum atomic E-state index is -2.31. The molecule has 170 valence electrons. The third-order valence-electron chi connectivity index (χ3n) is 5.68. The van der Waals surface area contributed by atoms with Crippen molar-refractivity contribution >= 4 is 46.1 Å². The highest BCUT2D eigenvalue weighted by atomic mass is 79.9. The predicted molar refractivity (Wildman–Crippen MR) is 148 cm³/mol. The molecule has 0 fully saturated rings. The van der Waals surface area contributed by atoms with Gasteiger partial charge in [-0.2, -0.15) is 0 Å². The number of ether oxygens (including phenoxy) is 3. The lowest BCUT2D eigenvalue weighted by molar-refractivity contribution is 0.325. The minimum Gasteiger partial charge on any atom is -0.493 e. The molecule has 0 atom stereocenters. The van der Waals surface area contributed by atoms with Crippen LogP contribution in [-0.2, 0) is 0 Å². The van der Waals surface area contributed by atoms with Crippen LogP contribution in [0.5, 0.6) is 17.2 Å². The number of rotatable bonds is 7. The standard InChI is InChI=1S/C28H27O3P.BrH/c1-29-24-20-25(26(21-14-8-5-9-15-21)28(31-3)27(24)30-2)32(4,22-16-10-6-11-17-22)23-18-12-7-13-19-23;/h5-20H,4H2,1-3H3;1H. The summed E-state index contributed by atoms with van der Waals surface area (Å²) in [6.07, 6.45) is 4.93. The Balaban J connectivity index is 0.00000306. The molecule has 0 saturated carbocycles. The van der Waals surface area contributed by atoms with Crippen molar-refractivity contribution in [3.8, 4) is 28.4 Å². The maximum absolute atomic E-state index is 5.96. The third-order valence-corrected chi connectivity index (χ3v) is 9.21. The van der Waals surface area contributed by atoms with Crippen molar-refractivity contribution in [2.75, 3.05) is 21.3 Å². The van der Waals surface area contributed by atoms with E-state index in [0.29, 0.717) is 17.2 Å². The molecule has 0 aliphatic rings. The molecule has 0 aliphatic heterocycles. The molecule has 5 heteroatoms. The molecule has 0 bridgehead atoms. The predicted octanol–water partition coefficient (Wildman–Crippen LogP) is 5.68. The summed E-state index contributed by atoms with van der Waals surface area (Å²) in [4.78, 5) is 0. The molecule has 0 radical (unpaired) electrons. The van der Waals surface area contributed by atoms with Crippen LogP contribution in [0.1, 0.15) is 0 Å². The molecule has 0 heterocycles. The Morgan fingerprint density at radius 2 is 1.06 bits per heavy atom. The number of hydrogen-bond donors (Lipinski definition) is 0. The SMILES string of the molecule is Br.C=P(c1ccccc1)(c1ccccc1)c1cc(OC)c(OC)c(OC)c1-c1ccccc1. The molecule has 3 nitrogen and oxygen atoms in total. The van der Waals surface area contributed by atoms with Gasteiger partial charge in [-0.1, -0.05) is 97.3 Å². The second-order valence-corrected chi connectivity index (χ2v) is 10.5. The molecule has 4 aromatic rings. The van der Waals surface area contributed by atoms with Gasteiger partial charge in [0.25, 0.3) is 0 Å². The third kappa shape index (κ3) is 4.46. The molecular formula is C28H28BrO3P. The van der Waals surface area contributed by atoms with Crippen molar-refractivity contribution in [2.24, 2.45) is 0 Å². The summed E-state index contributed by atoms with van der Waals surface area (Å²) in [7, 11) is 4.95. The molecule has 0 saturated heterocycles. The highest BCUT2D eigenvalue weighted by Gasteiger charge is 2.31. The van der Waals surface area contributed by atoms with Crippen molar-refractivity contribution in [2.45, 2.75) is 0 Å². The molecule has 0 aliphatic carbocycles. The Morgan fingerprint density at radius 1 is 0.606 bits per heavy atom. The van der Waals surface area contributed by atoms with Gasteiger partial charge in [-0.15, -0.1) is 17.0 Å². The molecule has 33 heavy (non-hydrogen) atoms. The van der Waals surface area contributed by atoms with Crippen LogP contribution in [0.4, 0.5) is 0 Å². The number of benzene rings is 4. The van der Waals surface area contributed by atoms with E-state index in [0.717, 1.165) is 16.4 Å². The van der Waals surface area contributed by atoms with Gasteiger partial charge in [0.05, 0.1) is 21.3 Å². The lowest BCUT2D eigenvalue weighted by Gasteiger charge is -2.31. The number of methoxy groups -OCH3 is 3. The van der Waals surface area contributed by atoms with E-state index in [1.165, 1.54) is 10.6 Å². The molecule has 4 aromatic carbocycles. The molecule has 0 unspecified atom stereocenters. The van der Waals surface area contributed by atoms with E-state index in [1.54, 1.807) is 21.3 Å². The summed E-state index contributed by atoms with van der Waals surface area (Å²) in [5.41, 5.74) is 2.02. The van der Waals surface area contributed by atoms with Crippen LogP contribution in [0.2, 0.25) is 0 Å². The number of halogens is 1. The van der Waals surface area contributed by atoms with Gasteiger partial charge in [0.2, 0.25) is 5.75 Å². The van der Waals surface area contributed by atoms with Crippen LogP contribution < -0.4 is 30.1 Å². The summed E-state index contributed by atoms with van der Waals surface area (Å²) in [5.74, 6) is 1.84. The zero-order valence-corrected chi connectivity index (χ0v) is 21.6. The zero-order valence-electron chi connectivity index (χ0n) is 19.0. The van der Waals surface area contributed by atoms with Crippen LogP contribution in [0.25, 0.3) is 11.1 Å². The molecule has 0 amide bonds. The molecule has 0 aromatic heterocycles. The average molecular weight is 523 g/mol. The fourth-order valence-electron chi connectivity index (χ4n) is 4.12. The van der Waals surface area contributed by atoms with Crippen LogP contribution in [0, 0.1) is 0 Å². The summed E-state index contributed by atoms with van der Waals surface area (Å²) < 4.78 is 17.5. The fourth-order valence-corrected chi connectivity index (χ4v) is 7.29. The van der Waals surface area contributed by atoms with Gasteiger partial charge in [-0.3, -0.25) is 0 Å². The summed E-state index contributed by atoms with van der Waals surface area (Å²) in [6.45, 7) is -2.31. The molecule has 4 rings (SSSR count). The average Bonchev–Trinajstić information content (AvgIpc) is 2.88. The van der Waals surface area contributed by atoms with Crippen LogP contribution >= 0.6 is 23.9 Å². The van der Waals surface area contributed by atoms with E-state index < -0.39 is 6.89 Å². The Morgan fingerprint density at radius 3 is 1.48 bits per heavy atom. The van der Waals surface area contributed by atoms with Crippen molar-refractivity contribution in [1.82, 2.24) is 0 Å². The fraction of sp³-hybridized carbons (Fsp3) is 0.107. The topological polar surface area (TPSA) is 27.7 Å². The van der Waals surface area contributed by atoms with Gasteiger partial charge in [0.1, 0.15) is 0 Å². The molecular weight excluding hydrogens is 495 g/mol. The second-order valence-electron chi connectivity index (χ2n) is 7.39. The van der Waals surface area contributed by atoms with E-state index in [-0.39, 0.29) is 17.0 Å².